The van der Waals surface area contributed by atoms with E-state index in [1.165, 1.54) is 0 Å². The summed E-state index contributed by atoms with van der Waals surface area (Å²) in [5.74, 6) is 0.819. The Hall–Kier alpha value is -1.32. The topological polar surface area (TPSA) is 41.5 Å². The van der Waals surface area contributed by atoms with Gasteiger partial charge in [-0.3, -0.25) is 0 Å². The second-order valence-corrected chi connectivity index (χ2v) is 5.05. The van der Waals surface area contributed by atoms with Crippen LogP contribution in [-0.4, -0.2) is 24.8 Å². The van der Waals surface area contributed by atoms with Gasteiger partial charge in [0.05, 0.1) is 5.60 Å². The molecule has 0 unspecified atom stereocenters. The average molecular weight is 247 g/mol. The number of benzene rings is 1. The third kappa shape index (κ3) is 3.12. The smallest absolute Gasteiger partial charge is 0.119 e. The molecule has 3 nitrogen and oxygen atoms in total. The molecule has 3 heteroatoms. The zero-order valence-corrected chi connectivity index (χ0v) is 10.9. The predicted molar refractivity (Wildman–Crippen MR) is 72.8 cm³/mol. The fourth-order valence-electron chi connectivity index (χ4n) is 2.20. The summed E-state index contributed by atoms with van der Waals surface area (Å²) in [6.45, 7) is 8.00. The second kappa shape index (κ2) is 5.55. The summed E-state index contributed by atoms with van der Waals surface area (Å²) < 4.78 is 5.55. The maximum atomic E-state index is 10.6. The van der Waals surface area contributed by atoms with Crippen LogP contribution in [-0.2, 0) is 5.60 Å². The number of ether oxygens (including phenoxy) is 1. The van der Waals surface area contributed by atoms with Gasteiger partial charge in [0, 0.05) is 0 Å². The molecule has 1 aromatic carbocycles. The Labute approximate surface area is 108 Å². The molecule has 1 aliphatic heterocycles. The molecule has 1 heterocycles. The van der Waals surface area contributed by atoms with E-state index >= 15 is 0 Å². The highest BCUT2D eigenvalue weighted by atomic mass is 16.5. The van der Waals surface area contributed by atoms with Crippen molar-refractivity contribution in [2.45, 2.75) is 25.4 Å². The molecule has 2 rings (SSSR count). The molecule has 1 aromatic rings. The van der Waals surface area contributed by atoms with Crippen LogP contribution in [0.15, 0.2) is 36.4 Å². The highest BCUT2D eigenvalue weighted by Gasteiger charge is 2.30. The van der Waals surface area contributed by atoms with Crippen molar-refractivity contribution in [3.63, 3.8) is 0 Å². The molecule has 18 heavy (non-hydrogen) atoms. The Morgan fingerprint density at radius 3 is 2.50 bits per heavy atom. The van der Waals surface area contributed by atoms with Gasteiger partial charge in [0.2, 0.25) is 0 Å². The highest BCUT2D eigenvalue weighted by molar-refractivity contribution is 5.31. The van der Waals surface area contributed by atoms with E-state index < -0.39 is 5.60 Å². The lowest BCUT2D eigenvalue weighted by molar-refractivity contribution is 0.00590. The minimum atomic E-state index is -0.682. The first-order valence-corrected chi connectivity index (χ1v) is 6.41. The number of aliphatic hydroxyl groups is 1. The van der Waals surface area contributed by atoms with E-state index in [-0.39, 0.29) is 0 Å². The summed E-state index contributed by atoms with van der Waals surface area (Å²) in [6.07, 6.45) is 1.53. The maximum absolute atomic E-state index is 10.6. The molecule has 0 amide bonds. The monoisotopic (exact) mass is 247 g/mol. The van der Waals surface area contributed by atoms with Crippen molar-refractivity contribution < 1.29 is 9.84 Å². The Balaban J connectivity index is 2.04. The first-order chi connectivity index (χ1) is 8.60. The summed E-state index contributed by atoms with van der Waals surface area (Å²) in [4.78, 5) is 0. The van der Waals surface area contributed by atoms with Gasteiger partial charge < -0.3 is 15.2 Å². The molecule has 0 bridgehead atoms. The lowest BCUT2D eigenvalue weighted by Crippen LogP contribution is -2.39. The third-order valence-corrected chi connectivity index (χ3v) is 3.31. The summed E-state index contributed by atoms with van der Waals surface area (Å²) >= 11 is 0. The van der Waals surface area contributed by atoms with E-state index in [2.05, 4.69) is 11.9 Å². The van der Waals surface area contributed by atoms with Crippen LogP contribution in [0.2, 0.25) is 0 Å². The summed E-state index contributed by atoms with van der Waals surface area (Å²) in [5.41, 5.74) is 1.29. The van der Waals surface area contributed by atoms with Crippen molar-refractivity contribution in [2.75, 3.05) is 19.7 Å². The number of hydrogen-bond acceptors (Lipinski definition) is 3. The van der Waals surface area contributed by atoms with Crippen molar-refractivity contribution in [1.29, 1.82) is 0 Å². The van der Waals surface area contributed by atoms with Gasteiger partial charge in [-0.2, -0.15) is 0 Å². The third-order valence-electron chi connectivity index (χ3n) is 3.31. The van der Waals surface area contributed by atoms with Crippen LogP contribution in [0.1, 0.15) is 25.3 Å². The van der Waals surface area contributed by atoms with E-state index in [0.717, 1.165) is 42.8 Å². The first-order valence-electron chi connectivity index (χ1n) is 6.41. The van der Waals surface area contributed by atoms with Crippen LogP contribution >= 0.6 is 0 Å². The Morgan fingerprint density at radius 2 is 1.94 bits per heavy atom. The molecule has 2 N–H and O–H groups in total. The van der Waals surface area contributed by atoms with Crippen molar-refractivity contribution >= 4 is 0 Å². The largest absolute Gasteiger partial charge is 0.489 e. The standard InChI is InChI=1S/C15H21NO2/c1-12(2)11-18-14-5-3-13(4-6-14)15(17)7-9-16-10-8-15/h3-6,16-17H,1,7-11H2,2H3. The summed E-state index contributed by atoms with van der Waals surface area (Å²) in [6, 6.07) is 7.74. The van der Waals surface area contributed by atoms with Gasteiger partial charge in [0.25, 0.3) is 0 Å². The van der Waals surface area contributed by atoms with Gasteiger partial charge in [-0.05, 0) is 56.1 Å². The normalized spacial score (nSPS) is 18.3. The summed E-state index contributed by atoms with van der Waals surface area (Å²) in [7, 11) is 0. The lowest BCUT2D eigenvalue weighted by Gasteiger charge is -2.33. The van der Waals surface area contributed by atoms with E-state index in [1.54, 1.807) is 0 Å². The molecule has 0 atom stereocenters. The molecule has 1 saturated heterocycles. The van der Waals surface area contributed by atoms with Gasteiger partial charge in [-0.25, -0.2) is 0 Å². The molecule has 98 valence electrons. The van der Waals surface area contributed by atoms with E-state index in [4.69, 9.17) is 4.74 Å². The van der Waals surface area contributed by atoms with Gasteiger partial charge in [0.1, 0.15) is 12.4 Å². The summed E-state index contributed by atoms with van der Waals surface area (Å²) in [5, 5.41) is 13.8. The molecular weight excluding hydrogens is 226 g/mol. The van der Waals surface area contributed by atoms with Crippen molar-refractivity contribution in [2.24, 2.45) is 0 Å². The molecule has 0 spiro atoms. The van der Waals surface area contributed by atoms with Crippen LogP contribution in [0.3, 0.4) is 0 Å². The molecule has 1 aliphatic rings. The lowest BCUT2D eigenvalue weighted by atomic mass is 9.85. The van der Waals surface area contributed by atoms with Crippen LogP contribution in [0.25, 0.3) is 0 Å². The zero-order valence-electron chi connectivity index (χ0n) is 10.9. The number of nitrogens with one attached hydrogen (secondary N) is 1. The van der Waals surface area contributed by atoms with Crippen molar-refractivity contribution in [3.8, 4) is 5.75 Å². The van der Waals surface area contributed by atoms with Gasteiger partial charge in [-0.15, -0.1) is 0 Å². The van der Waals surface area contributed by atoms with Crippen LogP contribution in [0.4, 0.5) is 0 Å². The quantitative estimate of drug-likeness (QED) is 0.802. The van der Waals surface area contributed by atoms with Gasteiger partial charge >= 0.3 is 0 Å². The van der Waals surface area contributed by atoms with Crippen LogP contribution < -0.4 is 10.1 Å². The highest BCUT2D eigenvalue weighted by Crippen LogP contribution is 2.31. The minimum absolute atomic E-state index is 0.535. The van der Waals surface area contributed by atoms with E-state index in [0.29, 0.717) is 6.61 Å². The average Bonchev–Trinajstić information content (AvgIpc) is 2.38. The molecule has 1 fully saturated rings. The van der Waals surface area contributed by atoms with E-state index in [1.807, 2.05) is 31.2 Å². The Morgan fingerprint density at radius 1 is 1.33 bits per heavy atom. The first kappa shape index (κ1) is 13.1. The van der Waals surface area contributed by atoms with Crippen LogP contribution in [0, 0.1) is 0 Å². The number of rotatable bonds is 4. The second-order valence-electron chi connectivity index (χ2n) is 5.05. The van der Waals surface area contributed by atoms with Gasteiger partial charge in [-0.1, -0.05) is 18.7 Å². The molecule has 0 aromatic heterocycles. The SMILES string of the molecule is C=C(C)COc1ccc(C2(O)CCNCC2)cc1. The van der Waals surface area contributed by atoms with Crippen LogP contribution in [0.5, 0.6) is 5.75 Å². The molecular formula is C15H21NO2. The maximum Gasteiger partial charge on any atom is 0.119 e. The van der Waals surface area contributed by atoms with E-state index in [9.17, 15) is 5.11 Å². The number of piperidine rings is 1. The Bertz CT molecular complexity index is 405. The molecule has 0 saturated carbocycles. The molecule has 0 aliphatic carbocycles. The number of hydrogen-bond donors (Lipinski definition) is 2. The van der Waals surface area contributed by atoms with Crippen molar-refractivity contribution in [3.05, 3.63) is 42.0 Å². The Kier molecular flexibility index (Phi) is 4.04. The van der Waals surface area contributed by atoms with Gasteiger partial charge in [0.15, 0.2) is 0 Å². The predicted octanol–water partition coefficient (Wildman–Crippen LogP) is 2.21. The minimum Gasteiger partial charge on any atom is -0.489 e. The fourth-order valence-corrected chi connectivity index (χ4v) is 2.20. The fraction of sp³-hybridized carbons (Fsp3) is 0.467. The van der Waals surface area contributed by atoms with Crippen molar-refractivity contribution in [1.82, 2.24) is 5.32 Å². The zero-order chi connectivity index (χ0) is 13.0. The molecule has 0 radical (unpaired) electrons.